The van der Waals surface area contributed by atoms with Gasteiger partial charge in [0.1, 0.15) is 5.75 Å². The van der Waals surface area contributed by atoms with Crippen molar-refractivity contribution in [3.8, 4) is 5.75 Å². The average Bonchev–Trinajstić information content (AvgIpc) is 2.55. The molecular formula is C18H24FNO3. The Morgan fingerprint density at radius 2 is 2.26 bits per heavy atom. The molecule has 0 aromatic heterocycles. The van der Waals surface area contributed by atoms with E-state index in [2.05, 4.69) is 0 Å². The summed E-state index contributed by atoms with van der Waals surface area (Å²) in [6.07, 6.45) is 5.09. The molecule has 1 aromatic carbocycles. The fourth-order valence-corrected chi connectivity index (χ4v) is 4.46. The van der Waals surface area contributed by atoms with Crippen LogP contribution < -0.4 is 0 Å². The van der Waals surface area contributed by atoms with E-state index < -0.39 is 11.5 Å². The zero-order valence-electron chi connectivity index (χ0n) is 13.6. The summed E-state index contributed by atoms with van der Waals surface area (Å²) >= 11 is 0. The molecule has 0 aliphatic heterocycles. The van der Waals surface area contributed by atoms with E-state index in [0.717, 1.165) is 44.1 Å². The summed E-state index contributed by atoms with van der Waals surface area (Å²) in [5.41, 5.74) is 1.77. The molecule has 5 heteroatoms. The van der Waals surface area contributed by atoms with Gasteiger partial charge in [-0.15, -0.1) is 5.12 Å². The third-order valence-corrected chi connectivity index (χ3v) is 5.49. The number of fused-ring (bicyclic) bond motifs is 3. The lowest BCUT2D eigenvalue weighted by molar-refractivity contribution is -0.0224. The highest BCUT2D eigenvalue weighted by atomic mass is 19.2. The minimum atomic E-state index is -0.918. The minimum Gasteiger partial charge on any atom is -0.508 e. The number of phenols is 1. The predicted molar refractivity (Wildman–Crippen MR) is 84.9 cm³/mol. The number of benzene rings is 1. The number of halogens is 1. The van der Waals surface area contributed by atoms with Gasteiger partial charge in [0.25, 0.3) is 0 Å². The molecule has 2 aliphatic rings. The molecule has 0 spiro atoms. The zero-order chi connectivity index (χ0) is 16.4. The maximum absolute atomic E-state index is 14.4. The molecule has 4 nitrogen and oxygen atoms in total. The van der Waals surface area contributed by atoms with Crippen molar-refractivity contribution in [2.45, 2.75) is 50.9 Å². The van der Waals surface area contributed by atoms with E-state index in [0.29, 0.717) is 5.92 Å². The van der Waals surface area contributed by atoms with Crippen molar-refractivity contribution in [2.24, 2.45) is 5.92 Å². The number of aryl methyl sites for hydroxylation is 1. The fraction of sp³-hybridized carbons (Fsp3) is 0.611. The normalized spacial score (nSPS) is 26.1. The van der Waals surface area contributed by atoms with Gasteiger partial charge in [0.05, 0.1) is 13.2 Å². The number of hydrogen-bond donors (Lipinski definition) is 1. The third-order valence-electron chi connectivity index (χ3n) is 5.49. The van der Waals surface area contributed by atoms with Gasteiger partial charge in [0, 0.05) is 5.41 Å². The summed E-state index contributed by atoms with van der Waals surface area (Å²) in [4.78, 5) is 11.7. The molecule has 1 unspecified atom stereocenters. The summed E-state index contributed by atoms with van der Waals surface area (Å²) in [6.45, 7) is 1.83. The lowest BCUT2D eigenvalue weighted by Crippen LogP contribution is -2.49. The first-order valence-corrected chi connectivity index (χ1v) is 8.49. The van der Waals surface area contributed by atoms with Gasteiger partial charge in [-0.2, -0.15) is 0 Å². The first-order chi connectivity index (χ1) is 11.1. The largest absolute Gasteiger partial charge is 0.508 e. The highest BCUT2D eigenvalue weighted by Gasteiger charge is 2.47. The van der Waals surface area contributed by atoms with Crippen LogP contribution in [-0.2, 0) is 16.6 Å². The molecule has 1 N–H and O–H groups in total. The van der Waals surface area contributed by atoms with E-state index in [-0.39, 0.29) is 24.0 Å². The summed E-state index contributed by atoms with van der Waals surface area (Å²) < 4.78 is 19.2. The van der Waals surface area contributed by atoms with Gasteiger partial charge in [-0.1, -0.05) is 23.4 Å². The van der Waals surface area contributed by atoms with Gasteiger partial charge in [-0.05, 0) is 61.8 Å². The van der Waals surface area contributed by atoms with Gasteiger partial charge in [0.15, 0.2) is 0 Å². The summed E-state index contributed by atoms with van der Waals surface area (Å²) in [6, 6.07) is 5.39. The van der Waals surface area contributed by atoms with E-state index >= 15 is 0 Å². The van der Waals surface area contributed by atoms with Crippen LogP contribution >= 0.6 is 0 Å². The van der Waals surface area contributed by atoms with Gasteiger partial charge in [0.2, 0.25) is 0 Å². The van der Waals surface area contributed by atoms with Crippen LogP contribution in [0.25, 0.3) is 0 Å². The van der Waals surface area contributed by atoms with Gasteiger partial charge in [-0.25, -0.2) is 4.79 Å². The molecular weight excluding hydrogens is 297 g/mol. The molecule has 0 saturated heterocycles. The first kappa shape index (κ1) is 16.1. The Bertz CT molecular complexity index is 592. The Kier molecular flexibility index (Phi) is 4.46. The molecule has 1 saturated carbocycles. The van der Waals surface area contributed by atoms with Crippen molar-refractivity contribution in [3.05, 3.63) is 29.3 Å². The van der Waals surface area contributed by atoms with Crippen LogP contribution in [0.2, 0.25) is 0 Å². The zero-order valence-corrected chi connectivity index (χ0v) is 13.6. The van der Waals surface area contributed by atoms with E-state index in [1.54, 1.807) is 19.1 Å². The Morgan fingerprint density at radius 1 is 1.43 bits per heavy atom. The van der Waals surface area contributed by atoms with Crippen molar-refractivity contribution >= 4 is 6.09 Å². The Hall–Kier alpha value is -1.78. The van der Waals surface area contributed by atoms with Crippen molar-refractivity contribution in [1.82, 2.24) is 5.12 Å². The van der Waals surface area contributed by atoms with Gasteiger partial charge >= 0.3 is 6.09 Å². The molecule has 0 heterocycles. The average molecular weight is 321 g/mol. The van der Waals surface area contributed by atoms with E-state index in [1.807, 2.05) is 6.07 Å². The van der Waals surface area contributed by atoms with Crippen molar-refractivity contribution < 1.29 is 19.1 Å². The predicted octanol–water partition coefficient (Wildman–Crippen LogP) is 4.11. The molecule has 126 valence electrons. The molecule has 1 aromatic rings. The van der Waals surface area contributed by atoms with Crippen LogP contribution in [0.4, 0.5) is 9.28 Å². The summed E-state index contributed by atoms with van der Waals surface area (Å²) in [5.74, 6) is 0.550. The number of ether oxygens (including phenoxy) is 1. The number of phenolic OH excluding ortho intramolecular Hbond substituents is 1. The standard InChI is InChI=1S/C18H24FNO3/c1-2-23-17(22)20(19)12-18-10-4-3-5-14(18)8-6-13-7-9-15(21)11-16(13)18/h7,9,11,14,21H,2-6,8,10,12H2,1H3/t14?,18-/m0/s1. The van der Waals surface area contributed by atoms with Crippen LogP contribution in [0.15, 0.2) is 18.2 Å². The lowest BCUT2D eigenvalue weighted by atomic mass is 9.57. The van der Waals surface area contributed by atoms with Crippen LogP contribution in [0.1, 0.15) is 50.2 Å². The lowest BCUT2D eigenvalue weighted by Gasteiger charge is -2.49. The van der Waals surface area contributed by atoms with Crippen molar-refractivity contribution in [2.75, 3.05) is 13.2 Å². The second-order valence-electron chi connectivity index (χ2n) is 6.70. The monoisotopic (exact) mass is 321 g/mol. The quantitative estimate of drug-likeness (QED) is 0.852. The van der Waals surface area contributed by atoms with Crippen LogP contribution in [0.5, 0.6) is 5.75 Å². The Balaban J connectivity index is 1.97. The molecule has 1 amide bonds. The van der Waals surface area contributed by atoms with Crippen LogP contribution in [0, 0.1) is 5.92 Å². The first-order valence-electron chi connectivity index (χ1n) is 8.49. The maximum Gasteiger partial charge on any atom is 0.438 e. The second-order valence-corrected chi connectivity index (χ2v) is 6.70. The van der Waals surface area contributed by atoms with E-state index in [1.165, 1.54) is 5.56 Å². The topological polar surface area (TPSA) is 49.8 Å². The van der Waals surface area contributed by atoms with E-state index in [9.17, 15) is 14.4 Å². The molecule has 0 bridgehead atoms. The summed E-state index contributed by atoms with van der Waals surface area (Å²) in [7, 11) is 0. The molecule has 1 fully saturated rings. The number of rotatable bonds is 3. The molecule has 3 rings (SSSR count). The molecule has 2 atom stereocenters. The van der Waals surface area contributed by atoms with Crippen LogP contribution in [0.3, 0.4) is 0 Å². The highest BCUT2D eigenvalue weighted by molar-refractivity contribution is 5.66. The Labute approximate surface area is 136 Å². The van der Waals surface area contributed by atoms with Crippen molar-refractivity contribution in [1.29, 1.82) is 0 Å². The smallest absolute Gasteiger partial charge is 0.438 e. The molecule has 0 radical (unpaired) electrons. The minimum absolute atomic E-state index is 0.00690. The number of carbonyl (C=O) groups is 1. The number of aromatic hydroxyl groups is 1. The van der Waals surface area contributed by atoms with E-state index in [4.69, 9.17) is 4.74 Å². The number of hydrogen-bond acceptors (Lipinski definition) is 3. The third kappa shape index (κ3) is 2.89. The highest BCUT2D eigenvalue weighted by Crippen LogP contribution is 2.51. The number of carbonyl (C=O) groups excluding carboxylic acids is 1. The number of amides is 1. The maximum atomic E-state index is 14.4. The SMILES string of the molecule is CCOC(=O)N(F)C[C@@]12CCCCC1CCc1ccc(O)cc12. The number of nitrogens with zero attached hydrogens (tertiary/aromatic N) is 1. The molecule has 23 heavy (non-hydrogen) atoms. The van der Waals surface area contributed by atoms with Gasteiger partial charge < -0.3 is 9.84 Å². The molecule has 2 aliphatic carbocycles. The Morgan fingerprint density at radius 3 is 3.04 bits per heavy atom. The summed E-state index contributed by atoms with van der Waals surface area (Å²) in [5, 5.41) is 10.1. The van der Waals surface area contributed by atoms with Crippen molar-refractivity contribution in [3.63, 3.8) is 0 Å². The van der Waals surface area contributed by atoms with Gasteiger partial charge in [-0.3, -0.25) is 0 Å². The fourth-order valence-electron chi connectivity index (χ4n) is 4.46. The second kappa shape index (κ2) is 6.38. The van der Waals surface area contributed by atoms with Crippen LogP contribution in [-0.4, -0.2) is 29.5 Å².